The van der Waals surface area contributed by atoms with Crippen molar-refractivity contribution in [1.29, 1.82) is 5.26 Å². The van der Waals surface area contributed by atoms with E-state index in [1.165, 1.54) is 24.3 Å². The lowest BCUT2D eigenvalue weighted by Crippen LogP contribution is -1.98. The standard InChI is InChI=1S/C13H7BrFN3O2/c14-9-1-3-11(15)13(6-9)17-12-4-2-10(18(19)20)5-8(12)7-16/h1-6,17H. The Hall–Kier alpha value is -2.46. The first kappa shape index (κ1) is 14.0. The van der Waals surface area contributed by atoms with Crippen molar-refractivity contribution >= 4 is 33.0 Å². The number of benzene rings is 2. The van der Waals surface area contributed by atoms with Crippen LogP contribution in [-0.4, -0.2) is 4.92 Å². The zero-order chi connectivity index (χ0) is 14.7. The first-order valence-corrected chi connectivity index (χ1v) is 6.21. The third kappa shape index (κ3) is 2.92. The molecular weight excluding hydrogens is 329 g/mol. The number of halogens is 2. The summed E-state index contributed by atoms with van der Waals surface area (Å²) in [5.74, 6) is -0.490. The fourth-order valence-electron chi connectivity index (χ4n) is 1.59. The molecule has 0 radical (unpaired) electrons. The number of anilines is 2. The summed E-state index contributed by atoms with van der Waals surface area (Å²) in [6.45, 7) is 0. The zero-order valence-corrected chi connectivity index (χ0v) is 11.5. The molecule has 0 fully saturated rings. The molecule has 0 aliphatic heterocycles. The van der Waals surface area contributed by atoms with Crippen LogP contribution < -0.4 is 5.32 Å². The minimum atomic E-state index is -0.593. The Balaban J connectivity index is 2.41. The molecule has 1 N–H and O–H groups in total. The average molecular weight is 336 g/mol. The highest BCUT2D eigenvalue weighted by atomic mass is 79.9. The summed E-state index contributed by atoms with van der Waals surface area (Å²) in [6, 6.07) is 9.93. The minimum Gasteiger partial charge on any atom is -0.352 e. The smallest absolute Gasteiger partial charge is 0.270 e. The van der Waals surface area contributed by atoms with Crippen LogP contribution in [0, 0.1) is 27.3 Å². The number of non-ortho nitro benzene ring substituents is 1. The highest BCUT2D eigenvalue weighted by Crippen LogP contribution is 2.27. The fraction of sp³-hybridized carbons (Fsp3) is 0. The van der Waals surface area contributed by atoms with E-state index >= 15 is 0 Å². The predicted molar refractivity (Wildman–Crippen MR) is 75.2 cm³/mol. The van der Waals surface area contributed by atoms with Crippen molar-refractivity contribution in [2.45, 2.75) is 0 Å². The predicted octanol–water partition coefficient (Wildman–Crippen LogP) is 4.11. The van der Waals surface area contributed by atoms with Crippen molar-refractivity contribution in [3.8, 4) is 6.07 Å². The second-order valence-corrected chi connectivity index (χ2v) is 4.76. The van der Waals surface area contributed by atoms with Gasteiger partial charge in [-0.15, -0.1) is 0 Å². The maximum absolute atomic E-state index is 13.6. The Kier molecular flexibility index (Phi) is 3.96. The Labute approximate surface area is 121 Å². The molecule has 0 aliphatic rings. The summed E-state index contributed by atoms with van der Waals surface area (Å²) in [7, 11) is 0. The molecule has 0 aromatic heterocycles. The first-order chi connectivity index (χ1) is 9.51. The highest BCUT2D eigenvalue weighted by molar-refractivity contribution is 9.10. The van der Waals surface area contributed by atoms with E-state index in [2.05, 4.69) is 21.2 Å². The Morgan fingerprint density at radius 1 is 1.25 bits per heavy atom. The Morgan fingerprint density at radius 3 is 2.65 bits per heavy atom. The van der Waals surface area contributed by atoms with Crippen LogP contribution in [0.15, 0.2) is 40.9 Å². The number of hydrogen-bond donors (Lipinski definition) is 1. The summed E-state index contributed by atoms with van der Waals surface area (Å²) in [6.07, 6.45) is 0. The number of nitrogens with zero attached hydrogens (tertiary/aromatic N) is 2. The molecule has 0 aliphatic carbocycles. The molecule has 2 aromatic rings. The number of nitrogens with one attached hydrogen (secondary N) is 1. The molecule has 0 bridgehead atoms. The van der Waals surface area contributed by atoms with Gasteiger partial charge in [0, 0.05) is 16.6 Å². The van der Waals surface area contributed by atoms with Gasteiger partial charge in [0.1, 0.15) is 11.9 Å². The van der Waals surface area contributed by atoms with E-state index in [1.54, 1.807) is 6.07 Å². The third-order valence-corrected chi connectivity index (χ3v) is 3.03. The van der Waals surface area contributed by atoms with Crippen molar-refractivity contribution in [3.63, 3.8) is 0 Å². The molecule has 2 aromatic carbocycles. The molecule has 0 heterocycles. The fourth-order valence-corrected chi connectivity index (χ4v) is 1.95. The lowest BCUT2D eigenvalue weighted by atomic mass is 10.1. The SMILES string of the molecule is N#Cc1cc([N+](=O)[O-])ccc1Nc1cc(Br)ccc1F. The molecule has 20 heavy (non-hydrogen) atoms. The van der Waals surface area contributed by atoms with Crippen molar-refractivity contribution in [1.82, 2.24) is 0 Å². The van der Waals surface area contributed by atoms with Gasteiger partial charge in [-0.2, -0.15) is 5.26 Å². The number of nitro groups is 1. The topological polar surface area (TPSA) is 79.0 Å². The monoisotopic (exact) mass is 335 g/mol. The molecule has 100 valence electrons. The van der Waals surface area contributed by atoms with Gasteiger partial charge in [-0.05, 0) is 24.3 Å². The number of hydrogen-bond acceptors (Lipinski definition) is 4. The van der Waals surface area contributed by atoms with Crippen LogP contribution in [0.4, 0.5) is 21.5 Å². The second kappa shape index (κ2) is 5.67. The van der Waals surface area contributed by atoms with E-state index in [-0.39, 0.29) is 16.9 Å². The molecule has 0 atom stereocenters. The molecule has 0 spiro atoms. The van der Waals surface area contributed by atoms with Crippen molar-refractivity contribution in [3.05, 3.63) is 62.4 Å². The first-order valence-electron chi connectivity index (χ1n) is 5.42. The third-order valence-electron chi connectivity index (χ3n) is 2.53. The van der Waals surface area contributed by atoms with Gasteiger partial charge in [-0.1, -0.05) is 15.9 Å². The van der Waals surface area contributed by atoms with Crippen molar-refractivity contribution in [2.24, 2.45) is 0 Å². The van der Waals surface area contributed by atoms with Gasteiger partial charge in [0.2, 0.25) is 0 Å². The van der Waals surface area contributed by atoms with E-state index in [4.69, 9.17) is 5.26 Å². The van der Waals surface area contributed by atoms with Crippen LogP contribution in [-0.2, 0) is 0 Å². The Morgan fingerprint density at radius 2 is 2.00 bits per heavy atom. The normalized spacial score (nSPS) is 9.85. The summed E-state index contributed by atoms with van der Waals surface area (Å²) in [4.78, 5) is 10.1. The van der Waals surface area contributed by atoms with E-state index in [0.717, 1.165) is 6.07 Å². The van der Waals surface area contributed by atoms with Crippen LogP contribution in [0.5, 0.6) is 0 Å². The van der Waals surface area contributed by atoms with Gasteiger partial charge in [0.05, 0.1) is 21.9 Å². The summed E-state index contributed by atoms with van der Waals surface area (Å²) < 4.78 is 14.3. The van der Waals surface area contributed by atoms with Crippen LogP contribution in [0.1, 0.15) is 5.56 Å². The largest absolute Gasteiger partial charge is 0.352 e. The molecule has 7 heteroatoms. The maximum atomic E-state index is 13.6. The van der Waals surface area contributed by atoms with Gasteiger partial charge < -0.3 is 5.32 Å². The molecule has 0 saturated heterocycles. The number of nitriles is 1. The van der Waals surface area contributed by atoms with Crippen LogP contribution >= 0.6 is 15.9 Å². The molecule has 0 unspecified atom stereocenters. The van der Waals surface area contributed by atoms with E-state index in [9.17, 15) is 14.5 Å². The summed E-state index contributed by atoms with van der Waals surface area (Å²) >= 11 is 3.21. The van der Waals surface area contributed by atoms with Gasteiger partial charge in [0.15, 0.2) is 0 Å². The lowest BCUT2D eigenvalue weighted by molar-refractivity contribution is -0.384. The minimum absolute atomic E-state index is 0.0681. The molecule has 0 amide bonds. The van der Waals surface area contributed by atoms with E-state index in [1.807, 2.05) is 6.07 Å². The lowest BCUT2D eigenvalue weighted by Gasteiger charge is -2.09. The highest BCUT2D eigenvalue weighted by Gasteiger charge is 2.12. The van der Waals surface area contributed by atoms with Crippen molar-refractivity contribution < 1.29 is 9.31 Å². The van der Waals surface area contributed by atoms with E-state index in [0.29, 0.717) is 10.2 Å². The van der Waals surface area contributed by atoms with Gasteiger partial charge in [-0.25, -0.2) is 4.39 Å². The van der Waals surface area contributed by atoms with Crippen LogP contribution in [0.2, 0.25) is 0 Å². The van der Waals surface area contributed by atoms with Gasteiger partial charge >= 0.3 is 0 Å². The van der Waals surface area contributed by atoms with Crippen LogP contribution in [0.25, 0.3) is 0 Å². The van der Waals surface area contributed by atoms with Crippen LogP contribution in [0.3, 0.4) is 0 Å². The van der Waals surface area contributed by atoms with Gasteiger partial charge in [-0.3, -0.25) is 10.1 Å². The van der Waals surface area contributed by atoms with Crippen molar-refractivity contribution in [2.75, 3.05) is 5.32 Å². The molecule has 2 rings (SSSR count). The quantitative estimate of drug-likeness (QED) is 0.676. The average Bonchev–Trinajstić information content (AvgIpc) is 2.43. The van der Waals surface area contributed by atoms with Gasteiger partial charge in [0.25, 0.3) is 5.69 Å². The maximum Gasteiger partial charge on any atom is 0.270 e. The molecule has 0 saturated carbocycles. The second-order valence-electron chi connectivity index (χ2n) is 3.85. The number of nitro benzene ring substituents is 1. The summed E-state index contributed by atoms with van der Waals surface area (Å²) in [5, 5.41) is 22.4. The summed E-state index contributed by atoms with van der Waals surface area (Å²) in [5.41, 5.74) is 0.347. The zero-order valence-electron chi connectivity index (χ0n) is 9.93. The Bertz CT molecular complexity index is 728. The number of rotatable bonds is 3. The molecular formula is C13H7BrFN3O2. The molecule has 5 nitrogen and oxygen atoms in total. The van der Waals surface area contributed by atoms with E-state index < -0.39 is 10.7 Å².